The highest BCUT2D eigenvalue weighted by Gasteiger charge is 2.25. The van der Waals surface area contributed by atoms with Crippen LogP contribution in [0.25, 0.3) is 0 Å². The first-order valence-electron chi connectivity index (χ1n) is 4.85. The SMILES string of the molecule is CCc1cc(F)c(F)cc1OC1CC1. The third-order valence-corrected chi connectivity index (χ3v) is 2.30. The minimum Gasteiger partial charge on any atom is -0.490 e. The molecule has 3 heteroatoms. The summed E-state index contributed by atoms with van der Waals surface area (Å²) in [4.78, 5) is 0. The molecule has 0 saturated heterocycles. The lowest BCUT2D eigenvalue weighted by atomic mass is 10.1. The predicted octanol–water partition coefficient (Wildman–Crippen LogP) is 3.07. The summed E-state index contributed by atoms with van der Waals surface area (Å²) in [5, 5.41) is 0. The van der Waals surface area contributed by atoms with E-state index in [9.17, 15) is 8.78 Å². The fourth-order valence-electron chi connectivity index (χ4n) is 1.32. The van der Waals surface area contributed by atoms with Crippen molar-refractivity contribution in [1.82, 2.24) is 0 Å². The molecule has 1 saturated carbocycles. The fraction of sp³-hybridized carbons (Fsp3) is 0.455. The molecule has 1 aliphatic rings. The molecule has 1 nitrogen and oxygen atoms in total. The van der Waals surface area contributed by atoms with Crippen molar-refractivity contribution in [3.8, 4) is 5.75 Å². The predicted molar refractivity (Wildman–Crippen MR) is 49.4 cm³/mol. The summed E-state index contributed by atoms with van der Waals surface area (Å²) in [5.41, 5.74) is 0.732. The molecule has 1 aromatic carbocycles. The van der Waals surface area contributed by atoms with Crippen LogP contribution in [0.1, 0.15) is 25.3 Å². The minimum atomic E-state index is -0.835. The molecule has 0 heterocycles. The third-order valence-electron chi connectivity index (χ3n) is 2.30. The van der Waals surface area contributed by atoms with E-state index in [0.717, 1.165) is 24.5 Å². The third kappa shape index (κ3) is 1.86. The molecule has 0 amide bonds. The van der Waals surface area contributed by atoms with E-state index in [4.69, 9.17) is 4.74 Å². The monoisotopic (exact) mass is 198 g/mol. The molecule has 1 fully saturated rings. The van der Waals surface area contributed by atoms with Crippen LogP contribution in [0.5, 0.6) is 5.75 Å². The lowest BCUT2D eigenvalue weighted by molar-refractivity contribution is 0.297. The molecule has 0 spiro atoms. The molecule has 1 aliphatic carbocycles. The molecule has 14 heavy (non-hydrogen) atoms. The number of hydrogen-bond donors (Lipinski definition) is 0. The smallest absolute Gasteiger partial charge is 0.162 e. The highest BCUT2D eigenvalue weighted by Crippen LogP contribution is 2.30. The highest BCUT2D eigenvalue weighted by atomic mass is 19.2. The number of rotatable bonds is 3. The van der Waals surface area contributed by atoms with Gasteiger partial charge in [-0.25, -0.2) is 8.78 Å². The van der Waals surface area contributed by atoms with Gasteiger partial charge in [0, 0.05) is 6.07 Å². The van der Waals surface area contributed by atoms with Crippen LogP contribution in [-0.4, -0.2) is 6.10 Å². The standard InChI is InChI=1S/C11H12F2O/c1-2-7-5-9(12)10(13)6-11(7)14-8-3-4-8/h5-6,8H,2-4H2,1H3. The number of aryl methyl sites for hydroxylation is 1. The van der Waals surface area contributed by atoms with E-state index in [1.54, 1.807) is 0 Å². The van der Waals surface area contributed by atoms with Crippen molar-refractivity contribution >= 4 is 0 Å². The zero-order valence-corrected chi connectivity index (χ0v) is 8.02. The Kier molecular flexibility index (Phi) is 2.40. The lowest BCUT2D eigenvalue weighted by Gasteiger charge is -2.09. The van der Waals surface area contributed by atoms with Crippen molar-refractivity contribution in [2.45, 2.75) is 32.3 Å². The molecule has 0 atom stereocenters. The van der Waals surface area contributed by atoms with Gasteiger partial charge >= 0.3 is 0 Å². The quantitative estimate of drug-likeness (QED) is 0.725. The first-order chi connectivity index (χ1) is 6.70. The van der Waals surface area contributed by atoms with E-state index >= 15 is 0 Å². The summed E-state index contributed by atoms with van der Waals surface area (Å²) >= 11 is 0. The summed E-state index contributed by atoms with van der Waals surface area (Å²) < 4.78 is 31.3. The molecule has 0 bridgehead atoms. The maximum atomic E-state index is 12.9. The molecule has 0 N–H and O–H groups in total. The van der Waals surface area contributed by atoms with Crippen LogP contribution >= 0.6 is 0 Å². The van der Waals surface area contributed by atoms with E-state index in [1.807, 2.05) is 6.92 Å². The van der Waals surface area contributed by atoms with Crippen LogP contribution < -0.4 is 4.74 Å². The van der Waals surface area contributed by atoms with Gasteiger partial charge < -0.3 is 4.74 Å². The Morgan fingerprint density at radius 1 is 1.29 bits per heavy atom. The van der Waals surface area contributed by atoms with E-state index in [2.05, 4.69) is 0 Å². The summed E-state index contributed by atoms with van der Waals surface area (Å²) in [5.74, 6) is -1.14. The van der Waals surface area contributed by atoms with E-state index < -0.39 is 11.6 Å². The Bertz CT molecular complexity index is 345. The largest absolute Gasteiger partial charge is 0.490 e. The number of benzene rings is 1. The van der Waals surface area contributed by atoms with Crippen LogP contribution in [-0.2, 0) is 6.42 Å². The molecule has 0 radical (unpaired) electrons. The van der Waals surface area contributed by atoms with E-state index in [0.29, 0.717) is 12.2 Å². The molecular formula is C11H12F2O. The Balaban J connectivity index is 2.29. The van der Waals surface area contributed by atoms with Gasteiger partial charge in [-0.2, -0.15) is 0 Å². The Hall–Kier alpha value is -1.12. The van der Waals surface area contributed by atoms with Gasteiger partial charge in [0.2, 0.25) is 0 Å². The molecule has 0 unspecified atom stereocenters. The van der Waals surface area contributed by atoms with Crippen molar-refractivity contribution in [2.75, 3.05) is 0 Å². The molecular weight excluding hydrogens is 186 g/mol. The second-order valence-corrected chi connectivity index (χ2v) is 3.54. The maximum Gasteiger partial charge on any atom is 0.162 e. The summed E-state index contributed by atoms with van der Waals surface area (Å²) in [6.07, 6.45) is 2.90. The van der Waals surface area contributed by atoms with Crippen LogP contribution in [0, 0.1) is 11.6 Å². The fourth-order valence-corrected chi connectivity index (χ4v) is 1.32. The van der Waals surface area contributed by atoms with E-state index in [1.165, 1.54) is 6.07 Å². The van der Waals surface area contributed by atoms with Crippen LogP contribution in [0.3, 0.4) is 0 Å². The first-order valence-corrected chi connectivity index (χ1v) is 4.85. The Labute approximate surface area is 81.7 Å². The molecule has 76 valence electrons. The second-order valence-electron chi connectivity index (χ2n) is 3.54. The zero-order chi connectivity index (χ0) is 10.1. The van der Waals surface area contributed by atoms with Gasteiger partial charge in [0.1, 0.15) is 5.75 Å². The number of ether oxygens (including phenoxy) is 1. The molecule has 0 aromatic heterocycles. The summed E-state index contributed by atoms with van der Waals surface area (Å²) in [6, 6.07) is 2.36. The van der Waals surface area contributed by atoms with Gasteiger partial charge in [0.05, 0.1) is 6.10 Å². The van der Waals surface area contributed by atoms with Crippen LogP contribution in [0.2, 0.25) is 0 Å². The average Bonchev–Trinajstić information content (AvgIpc) is 2.95. The second kappa shape index (κ2) is 3.56. The normalized spacial score (nSPS) is 15.6. The maximum absolute atomic E-state index is 12.9. The van der Waals surface area contributed by atoms with E-state index in [-0.39, 0.29) is 6.10 Å². The van der Waals surface area contributed by atoms with Gasteiger partial charge in [0.25, 0.3) is 0 Å². The molecule has 0 aliphatic heterocycles. The minimum absolute atomic E-state index is 0.213. The topological polar surface area (TPSA) is 9.23 Å². The zero-order valence-electron chi connectivity index (χ0n) is 8.02. The average molecular weight is 198 g/mol. The van der Waals surface area contributed by atoms with Crippen LogP contribution in [0.4, 0.5) is 8.78 Å². The summed E-state index contributed by atoms with van der Waals surface area (Å²) in [7, 11) is 0. The highest BCUT2D eigenvalue weighted by molar-refractivity contribution is 5.35. The van der Waals surface area contributed by atoms with Crippen molar-refractivity contribution in [1.29, 1.82) is 0 Å². The molecule has 2 rings (SSSR count). The van der Waals surface area contributed by atoms with Gasteiger partial charge in [-0.1, -0.05) is 6.92 Å². The molecule has 1 aromatic rings. The number of halogens is 2. The van der Waals surface area contributed by atoms with Crippen molar-refractivity contribution < 1.29 is 13.5 Å². The van der Waals surface area contributed by atoms with Crippen molar-refractivity contribution in [3.63, 3.8) is 0 Å². The van der Waals surface area contributed by atoms with Gasteiger partial charge in [0.15, 0.2) is 11.6 Å². The first kappa shape index (κ1) is 9.44. The van der Waals surface area contributed by atoms with Gasteiger partial charge in [-0.3, -0.25) is 0 Å². The van der Waals surface area contributed by atoms with Crippen molar-refractivity contribution in [2.24, 2.45) is 0 Å². The summed E-state index contributed by atoms with van der Waals surface area (Å²) in [6.45, 7) is 1.90. The van der Waals surface area contributed by atoms with Gasteiger partial charge in [-0.15, -0.1) is 0 Å². The van der Waals surface area contributed by atoms with Crippen LogP contribution in [0.15, 0.2) is 12.1 Å². The van der Waals surface area contributed by atoms with Crippen molar-refractivity contribution in [3.05, 3.63) is 29.3 Å². The number of hydrogen-bond acceptors (Lipinski definition) is 1. The lowest BCUT2D eigenvalue weighted by Crippen LogP contribution is -2.01. The Morgan fingerprint density at radius 2 is 1.93 bits per heavy atom. The Morgan fingerprint density at radius 3 is 2.50 bits per heavy atom. The van der Waals surface area contributed by atoms with Gasteiger partial charge in [-0.05, 0) is 30.9 Å².